The van der Waals surface area contributed by atoms with E-state index < -0.39 is 23.9 Å². The molecule has 21 heavy (non-hydrogen) atoms. The van der Waals surface area contributed by atoms with E-state index in [1.54, 1.807) is 20.8 Å². The maximum absolute atomic E-state index is 12.3. The van der Waals surface area contributed by atoms with Crippen molar-refractivity contribution in [3.05, 3.63) is 15.8 Å². The van der Waals surface area contributed by atoms with Crippen LogP contribution in [0.2, 0.25) is 0 Å². The van der Waals surface area contributed by atoms with Crippen molar-refractivity contribution in [2.75, 3.05) is 6.54 Å². The summed E-state index contributed by atoms with van der Waals surface area (Å²) in [5, 5.41) is 11.5. The van der Waals surface area contributed by atoms with Crippen LogP contribution >= 0.6 is 11.3 Å². The number of carbonyl (C=O) groups excluding carboxylic acids is 1. The van der Waals surface area contributed by atoms with Gasteiger partial charge in [-0.05, 0) is 33.3 Å². The first kappa shape index (κ1) is 17.4. The Hall–Kier alpha value is -1.70. The molecule has 5 nitrogen and oxygen atoms in total. The first-order valence-electron chi connectivity index (χ1n) is 6.20. The van der Waals surface area contributed by atoms with Crippen molar-refractivity contribution in [2.24, 2.45) is 5.41 Å². The van der Waals surface area contributed by atoms with Crippen molar-refractivity contribution in [1.29, 1.82) is 0 Å². The normalized spacial score (nSPS) is 11.5. The van der Waals surface area contributed by atoms with Crippen molar-refractivity contribution in [1.82, 2.24) is 5.32 Å². The quantitative estimate of drug-likeness (QED) is 0.809. The van der Waals surface area contributed by atoms with E-state index >= 15 is 0 Å². The van der Waals surface area contributed by atoms with Gasteiger partial charge >= 0.3 is 12.6 Å². The number of nitrogens with one attached hydrogen (secondary N) is 1. The summed E-state index contributed by atoms with van der Waals surface area (Å²) in [6.45, 7) is 1.89. The molecule has 1 aromatic rings. The third-order valence-corrected chi connectivity index (χ3v) is 3.89. The van der Waals surface area contributed by atoms with Gasteiger partial charge < -0.3 is 15.2 Å². The van der Waals surface area contributed by atoms with Gasteiger partial charge in [-0.25, -0.2) is 0 Å². The van der Waals surface area contributed by atoms with Gasteiger partial charge in [0, 0.05) is 11.4 Å². The summed E-state index contributed by atoms with van der Waals surface area (Å²) >= 11 is 1.04. The van der Waals surface area contributed by atoms with Crippen LogP contribution in [-0.4, -0.2) is 30.1 Å². The Balaban J connectivity index is 2.66. The van der Waals surface area contributed by atoms with Gasteiger partial charge in [0.25, 0.3) is 5.91 Å². The van der Waals surface area contributed by atoms with Crippen LogP contribution in [0.1, 0.15) is 34.8 Å². The highest BCUT2D eigenvalue weighted by atomic mass is 32.1. The SMILES string of the molecule is Cc1cc(OC(F)F)c(C(=O)NCCC(C)(C)C(=O)O)s1. The number of thiophene rings is 1. The zero-order valence-corrected chi connectivity index (χ0v) is 12.7. The minimum absolute atomic E-state index is 0.0564. The zero-order valence-electron chi connectivity index (χ0n) is 11.9. The number of aryl methyl sites for hydroxylation is 1. The highest BCUT2D eigenvalue weighted by molar-refractivity contribution is 7.14. The molecule has 0 radical (unpaired) electrons. The highest BCUT2D eigenvalue weighted by Gasteiger charge is 2.27. The Morgan fingerprint density at radius 1 is 1.48 bits per heavy atom. The second-order valence-corrected chi connectivity index (χ2v) is 6.38. The number of aliphatic carboxylic acids is 1. The standard InChI is InChI=1S/C13H17F2NO4S/c1-7-6-8(20-12(14)15)9(21-7)10(17)16-5-4-13(2,3)11(18)19/h6,12H,4-5H2,1-3H3,(H,16,17)(H,18,19). The van der Waals surface area contributed by atoms with Gasteiger partial charge in [-0.2, -0.15) is 8.78 Å². The number of hydrogen-bond acceptors (Lipinski definition) is 4. The number of carbonyl (C=O) groups is 2. The lowest BCUT2D eigenvalue weighted by Crippen LogP contribution is -2.31. The van der Waals surface area contributed by atoms with Gasteiger partial charge in [0.15, 0.2) is 0 Å². The lowest BCUT2D eigenvalue weighted by atomic mass is 9.90. The van der Waals surface area contributed by atoms with Crippen molar-refractivity contribution in [3.8, 4) is 5.75 Å². The molecule has 118 valence electrons. The number of rotatable bonds is 7. The van der Waals surface area contributed by atoms with Crippen LogP contribution in [0.3, 0.4) is 0 Å². The van der Waals surface area contributed by atoms with Crippen molar-refractivity contribution < 1.29 is 28.2 Å². The van der Waals surface area contributed by atoms with Crippen LogP contribution in [0.4, 0.5) is 8.78 Å². The number of hydrogen-bond donors (Lipinski definition) is 2. The predicted octanol–water partition coefficient (Wildman–Crippen LogP) is 2.89. The molecule has 0 saturated carbocycles. The van der Waals surface area contributed by atoms with Crippen LogP contribution in [0.15, 0.2) is 6.07 Å². The molecule has 0 spiro atoms. The second kappa shape index (κ2) is 6.84. The van der Waals surface area contributed by atoms with E-state index in [1.165, 1.54) is 6.07 Å². The molecule has 0 aliphatic rings. The maximum atomic E-state index is 12.3. The Labute approximate surface area is 124 Å². The van der Waals surface area contributed by atoms with Crippen LogP contribution < -0.4 is 10.1 Å². The van der Waals surface area contributed by atoms with Crippen molar-refractivity contribution in [2.45, 2.75) is 33.8 Å². The maximum Gasteiger partial charge on any atom is 0.387 e. The molecule has 1 amide bonds. The number of halogens is 2. The molecule has 1 rings (SSSR count). The zero-order chi connectivity index (χ0) is 16.2. The summed E-state index contributed by atoms with van der Waals surface area (Å²) < 4.78 is 28.8. The van der Waals surface area contributed by atoms with Gasteiger partial charge in [0.1, 0.15) is 10.6 Å². The van der Waals surface area contributed by atoms with Crippen LogP contribution in [0.5, 0.6) is 5.75 Å². The minimum Gasteiger partial charge on any atom is -0.481 e. The fourth-order valence-corrected chi connectivity index (χ4v) is 2.37. The fraction of sp³-hybridized carbons (Fsp3) is 0.538. The average molecular weight is 321 g/mol. The smallest absolute Gasteiger partial charge is 0.387 e. The Kier molecular flexibility index (Phi) is 5.65. The van der Waals surface area contributed by atoms with Gasteiger partial charge in [-0.1, -0.05) is 0 Å². The number of amides is 1. The molecular weight excluding hydrogens is 304 g/mol. The largest absolute Gasteiger partial charge is 0.481 e. The van der Waals surface area contributed by atoms with Gasteiger partial charge in [0.05, 0.1) is 5.41 Å². The van der Waals surface area contributed by atoms with Crippen LogP contribution in [-0.2, 0) is 4.79 Å². The molecule has 0 aliphatic carbocycles. The second-order valence-electron chi connectivity index (χ2n) is 5.12. The van der Waals surface area contributed by atoms with Gasteiger partial charge in [0.2, 0.25) is 0 Å². The Bertz CT molecular complexity index is 528. The Morgan fingerprint density at radius 2 is 2.10 bits per heavy atom. The van der Waals surface area contributed by atoms with E-state index in [-0.39, 0.29) is 23.6 Å². The average Bonchev–Trinajstić information content (AvgIpc) is 2.68. The molecule has 0 saturated heterocycles. The summed E-state index contributed by atoms with van der Waals surface area (Å²) in [4.78, 5) is 23.6. The van der Waals surface area contributed by atoms with E-state index in [9.17, 15) is 18.4 Å². The third kappa shape index (κ3) is 4.96. The van der Waals surface area contributed by atoms with E-state index in [0.717, 1.165) is 11.3 Å². The summed E-state index contributed by atoms with van der Waals surface area (Å²) in [5.41, 5.74) is -0.971. The summed E-state index contributed by atoms with van der Waals surface area (Å²) in [6, 6.07) is 1.37. The summed E-state index contributed by atoms with van der Waals surface area (Å²) in [5.74, 6) is -1.68. The van der Waals surface area contributed by atoms with Crippen molar-refractivity contribution >= 4 is 23.2 Å². The van der Waals surface area contributed by atoms with Gasteiger partial charge in [-0.3, -0.25) is 9.59 Å². The number of carboxylic acid groups (broad SMARTS) is 1. The van der Waals surface area contributed by atoms with Crippen molar-refractivity contribution in [3.63, 3.8) is 0 Å². The summed E-state index contributed by atoms with van der Waals surface area (Å²) in [7, 11) is 0. The molecule has 0 aromatic carbocycles. The molecule has 2 N–H and O–H groups in total. The van der Waals surface area contributed by atoms with E-state index in [2.05, 4.69) is 10.1 Å². The third-order valence-electron chi connectivity index (χ3n) is 2.86. The molecule has 0 unspecified atom stereocenters. The molecule has 1 heterocycles. The number of ether oxygens (including phenoxy) is 1. The lowest BCUT2D eigenvalue weighted by molar-refractivity contribution is -0.147. The molecule has 0 atom stereocenters. The molecule has 0 fully saturated rings. The molecular formula is C13H17F2NO4S. The molecule has 8 heteroatoms. The van der Waals surface area contributed by atoms with E-state index in [0.29, 0.717) is 4.88 Å². The number of alkyl halides is 2. The minimum atomic E-state index is -3.00. The lowest BCUT2D eigenvalue weighted by Gasteiger charge is -2.18. The van der Waals surface area contributed by atoms with E-state index in [1.807, 2.05) is 0 Å². The molecule has 0 bridgehead atoms. The first-order chi connectivity index (χ1) is 9.63. The monoisotopic (exact) mass is 321 g/mol. The first-order valence-corrected chi connectivity index (χ1v) is 7.02. The molecule has 0 aliphatic heterocycles. The summed E-state index contributed by atoms with van der Waals surface area (Å²) in [6.07, 6.45) is 0.226. The van der Waals surface area contributed by atoms with Crippen LogP contribution in [0.25, 0.3) is 0 Å². The fourth-order valence-electron chi connectivity index (χ4n) is 1.51. The Morgan fingerprint density at radius 3 is 2.62 bits per heavy atom. The number of carboxylic acids is 1. The van der Waals surface area contributed by atoms with Crippen LogP contribution in [0, 0.1) is 12.3 Å². The highest BCUT2D eigenvalue weighted by Crippen LogP contribution is 2.30. The van der Waals surface area contributed by atoms with E-state index in [4.69, 9.17) is 5.11 Å². The molecule has 1 aromatic heterocycles. The predicted molar refractivity (Wildman–Crippen MR) is 74.1 cm³/mol. The topological polar surface area (TPSA) is 75.6 Å². The van der Waals surface area contributed by atoms with Gasteiger partial charge in [-0.15, -0.1) is 11.3 Å².